The molecule has 0 aliphatic rings. The Hall–Kier alpha value is -0.940. The summed E-state index contributed by atoms with van der Waals surface area (Å²) in [5.41, 5.74) is 2.85. The van der Waals surface area contributed by atoms with Crippen molar-refractivity contribution in [2.75, 3.05) is 0 Å². The van der Waals surface area contributed by atoms with E-state index in [4.69, 9.17) is 0 Å². The van der Waals surface area contributed by atoms with E-state index in [1.54, 1.807) is 4.68 Å². The Bertz CT molecular complexity index is 620. The second kappa shape index (κ2) is 6.01. The number of benzene rings is 1. The summed E-state index contributed by atoms with van der Waals surface area (Å²) < 4.78 is 3.66. The zero-order valence-corrected chi connectivity index (χ0v) is 14.0. The number of rotatable bonds is 4. The van der Waals surface area contributed by atoms with Crippen molar-refractivity contribution in [3.8, 4) is 0 Å². The van der Waals surface area contributed by atoms with Crippen molar-refractivity contribution in [3.05, 3.63) is 50.2 Å². The first-order valence-electron chi connectivity index (χ1n) is 5.92. The molecule has 0 saturated heterocycles. The Labute approximate surface area is 129 Å². The van der Waals surface area contributed by atoms with Crippen LogP contribution >= 0.6 is 31.9 Å². The third kappa shape index (κ3) is 3.34. The number of nitrogens with zero attached hydrogens (tertiary/aromatic N) is 2. The van der Waals surface area contributed by atoms with Crippen molar-refractivity contribution < 1.29 is 4.79 Å². The fraction of sp³-hybridized carbons (Fsp3) is 0.286. The lowest BCUT2D eigenvalue weighted by Gasteiger charge is -2.05. The Kier molecular flexibility index (Phi) is 4.58. The fourth-order valence-electron chi connectivity index (χ4n) is 1.98. The minimum atomic E-state index is 0.176. The van der Waals surface area contributed by atoms with Crippen molar-refractivity contribution in [2.45, 2.75) is 19.8 Å². The lowest BCUT2D eigenvalue weighted by Crippen LogP contribution is -2.10. The van der Waals surface area contributed by atoms with Gasteiger partial charge in [-0.1, -0.05) is 34.1 Å². The first kappa shape index (κ1) is 14.5. The van der Waals surface area contributed by atoms with Gasteiger partial charge in [0.05, 0.1) is 15.9 Å². The topological polar surface area (TPSA) is 34.9 Å². The summed E-state index contributed by atoms with van der Waals surface area (Å²) in [6, 6.07) is 7.80. The molecule has 1 aromatic carbocycles. The standard InChI is InChI=1S/C14H14Br2N2O/c1-9-14(16)13(18(2)17-9)8-11(19)7-10-5-3-4-6-12(10)15/h3-6H,7-8H2,1-2H3. The quantitative estimate of drug-likeness (QED) is 0.805. The summed E-state index contributed by atoms with van der Waals surface area (Å²) >= 11 is 6.95. The summed E-state index contributed by atoms with van der Waals surface area (Å²) in [7, 11) is 1.86. The third-order valence-corrected chi connectivity index (χ3v) is 4.78. The highest BCUT2D eigenvalue weighted by Gasteiger charge is 2.15. The van der Waals surface area contributed by atoms with Crippen molar-refractivity contribution in [1.29, 1.82) is 0 Å². The molecule has 0 saturated carbocycles. The molecule has 19 heavy (non-hydrogen) atoms. The van der Waals surface area contributed by atoms with Crippen LogP contribution in [0.2, 0.25) is 0 Å². The molecular weight excluding hydrogens is 372 g/mol. The van der Waals surface area contributed by atoms with Crippen LogP contribution in [0.15, 0.2) is 33.2 Å². The molecule has 0 spiro atoms. The highest BCUT2D eigenvalue weighted by atomic mass is 79.9. The van der Waals surface area contributed by atoms with Crippen molar-refractivity contribution >= 4 is 37.6 Å². The van der Waals surface area contributed by atoms with Crippen LogP contribution in [0.25, 0.3) is 0 Å². The van der Waals surface area contributed by atoms with Gasteiger partial charge in [-0.05, 0) is 34.5 Å². The molecule has 0 N–H and O–H groups in total. The maximum atomic E-state index is 12.2. The molecular formula is C14H14Br2N2O. The Morgan fingerprint density at radius 1 is 1.26 bits per heavy atom. The van der Waals surface area contributed by atoms with Crippen molar-refractivity contribution in [3.63, 3.8) is 0 Å². The highest BCUT2D eigenvalue weighted by Crippen LogP contribution is 2.22. The van der Waals surface area contributed by atoms with Crippen LogP contribution in [-0.2, 0) is 24.7 Å². The summed E-state index contributed by atoms with van der Waals surface area (Å²) in [5, 5.41) is 4.30. The number of halogens is 2. The minimum absolute atomic E-state index is 0.176. The number of carbonyl (C=O) groups excluding carboxylic acids is 1. The molecule has 0 radical (unpaired) electrons. The van der Waals surface area contributed by atoms with E-state index in [0.717, 1.165) is 25.9 Å². The summed E-state index contributed by atoms with van der Waals surface area (Å²) in [5.74, 6) is 0.176. The molecule has 2 aromatic rings. The molecule has 0 unspecified atom stereocenters. The molecule has 0 atom stereocenters. The molecule has 0 amide bonds. The first-order chi connectivity index (χ1) is 8.99. The molecule has 3 nitrogen and oxygen atoms in total. The maximum Gasteiger partial charge on any atom is 0.143 e. The third-order valence-electron chi connectivity index (χ3n) is 2.97. The summed E-state index contributed by atoms with van der Waals surface area (Å²) in [6.07, 6.45) is 0.817. The number of aromatic nitrogens is 2. The van der Waals surface area contributed by atoms with Crippen molar-refractivity contribution in [1.82, 2.24) is 9.78 Å². The zero-order chi connectivity index (χ0) is 14.0. The normalized spacial score (nSPS) is 10.7. The molecule has 5 heteroatoms. The SMILES string of the molecule is Cc1nn(C)c(CC(=O)Cc2ccccc2Br)c1Br. The second-order valence-corrected chi connectivity index (χ2v) is 6.10. The number of Topliss-reactive ketones (excluding diaryl/α,β-unsaturated/α-hetero) is 1. The number of carbonyl (C=O) groups is 1. The average Bonchev–Trinajstić information content (AvgIpc) is 2.59. The molecule has 0 bridgehead atoms. The molecule has 1 aromatic heterocycles. The summed E-state index contributed by atoms with van der Waals surface area (Å²) in [6.45, 7) is 1.92. The predicted molar refractivity (Wildman–Crippen MR) is 82.2 cm³/mol. The molecule has 0 aliphatic heterocycles. The Morgan fingerprint density at radius 2 is 1.95 bits per heavy atom. The lowest BCUT2D eigenvalue weighted by molar-refractivity contribution is -0.117. The van der Waals surface area contributed by atoms with E-state index in [9.17, 15) is 4.79 Å². The molecule has 0 fully saturated rings. The van der Waals surface area contributed by atoms with E-state index in [-0.39, 0.29) is 5.78 Å². The minimum Gasteiger partial charge on any atom is -0.299 e. The monoisotopic (exact) mass is 384 g/mol. The summed E-state index contributed by atoms with van der Waals surface area (Å²) in [4.78, 5) is 12.2. The van der Waals surface area contributed by atoms with Gasteiger partial charge in [-0.15, -0.1) is 0 Å². The van der Waals surface area contributed by atoms with Gasteiger partial charge in [0.15, 0.2) is 0 Å². The van der Waals surface area contributed by atoms with Gasteiger partial charge in [0.2, 0.25) is 0 Å². The van der Waals surface area contributed by atoms with E-state index in [1.165, 1.54) is 0 Å². The first-order valence-corrected chi connectivity index (χ1v) is 7.50. The molecule has 100 valence electrons. The van der Waals surface area contributed by atoms with Gasteiger partial charge in [-0.2, -0.15) is 5.10 Å². The van der Waals surface area contributed by atoms with Crippen LogP contribution in [0.1, 0.15) is 17.0 Å². The van der Waals surface area contributed by atoms with Crippen LogP contribution in [0.4, 0.5) is 0 Å². The van der Waals surface area contributed by atoms with E-state index in [0.29, 0.717) is 12.8 Å². The number of ketones is 1. The van der Waals surface area contributed by atoms with Gasteiger partial charge in [-0.3, -0.25) is 9.48 Å². The number of hydrogen-bond acceptors (Lipinski definition) is 2. The van der Waals surface area contributed by atoms with Gasteiger partial charge in [0.25, 0.3) is 0 Å². The smallest absolute Gasteiger partial charge is 0.143 e. The van der Waals surface area contributed by atoms with Gasteiger partial charge in [0, 0.05) is 24.4 Å². The second-order valence-electron chi connectivity index (χ2n) is 4.45. The van der Waals surface area contributed by atoms with Gasteiger partial charge in [0.1, 0.15) is 5.78 Å². The maximum absolute atomic E-state index is 12.2. The Morgan fingerprint density at radius 3 is 2.53 bits per heavy atom. The molecule has 2 rings (SSSR count). The van der Waals surface area contributed by atoms with Gasteiger partial charge < -0.3 is 0 Å². The molecule has 0 aliphatic carbocycles. The van der Waals surface area contributed by atoms with Crippen molar-refractivity contribution in [2.24, 2.45) is 7.05 Å². The van der Waals surface area contributed by atoms with E-state index in [1.807, 2.05) is 38.2 Å². The zero-order valence-electron chi connectivity index (χ0n) is 10.8. The predicted octanol–water partition coefficient (Wildman–Crippen LogP) is 3.61. The Balaban J connectivity index is 2.12. The van der Waals surface area contributed by atoms with Gasteiger partial charge in [-0.25, -0.2) is 0 Å². The van der Waals surface area contributed by atoms with Crippen LogP contribution in [0.3, 0.4) is 0 Å². The van der Waals surface area contributed by atoms with E-state index >= 15 is 0 Å². The van der Waals surface area contributed by atoms with Crippen LogP contribution in [0, 0.1) is 6.92 Å². The average molecular weight is 386 g/mol. The van der Waals surface area contributed by atoms with E-state index < -0.39 is 0 Å². The van der Waals surface area contributed by atoms with Crippen LogP contribution in [0.5, 0.6) is 0 Å². The largest absolute Gasteiger partial charge is 0.299 e. The lowest BCUT2D eigenvalue weighted by atomic mass is 10.1. The van der Waals surface area contributed by atoms with E-state index in [2.05, 4.69) is 37.0 Å². The molecule has 1 heterocycles. The van der Waals surface area contributed by atoms with Crippen LogP contribution < -0.4 is 0 Å². The number of aryl methyl sites for hydroxylation is 2. The van der Waals surface area contributed by atoms with Crippen LogP contribution in [-0.4, -0.2) is 15.6 Å². The fourth-order valence-corrected chi connectivity index (χ4v) is 2.88. The van der Waals surface area contributed by atoms with Gasteiger partial charge >= 0.3 is 0 Å². The number of hydrogen-bond donors (Lipinski definition) is 0. The highest BCUT2D eigenvalue weighted by molar-refractivity contribution is 9.10.